The van der Waals surface area contributed by atoms with E-state index in [1.807, 2.05) is 4.57 Å². The smallest absolute Gasteiger partial charge is 0.227 e. The van der Waals surface area contributed by atoms with E-state index in [2.05, 4.69) is 15.1 Å². The van der Waals surface area contributed by atoms with Crippen LogP contribution in [-0.4, -0.2) is 34.1 Å². The fourth-order valence-corrected chi connectivity index (χ4v) is 2.37. The molecule has 1 aromatic rings. The first-order chi connectivity index (χ1) is 7.90. The summed E-state index contributed by atoms with van der Waals surface area (Å²) in [6.45, 7) is 2.09. The molecular weight excluding hydrogens is 204 g/mol. The zero-order chi connectivity index (χ0) is 11.0. The molecule has 0 radical (unpaired) electrons. The Bertz CT molecular complexity index is 391. The monoisotopic (exact) mass is 220 g/mol. The van der Waals surface area contributed by atoms with Crippen LogP contribution in [0.5, 0.6) is 0 Å². The number of aldehydes is 1. The Kier molecular flexibility index (Phi) is 2.38. The van der Waals surface area contributed by atoms with E-state index in [-0.39, 0.29) is 0 Å². The Morgan fingerprint density at radius 1 is 1.12 bits per heavy atom. The maximum absolute atomic E-state index is 10.9. The van der Waals surface area contributed by atoms with Crippen LogP contribution < -0.4 is 4.90 Å². The van der Waals surface area contributed by atoms with E-state index in [9.17, 15) is 4.79 Å². The van der Waals surface area contributed by atoms with Crippen LogP contribution in [0.4, 0.5) is 5.95 Å². The zero-order valence-corrected chi connectivity index (χ0v) is 9.30. The molecule has 2 aliphatic rings. The quantitative estimate of drug-likeness (QED) is 0.723. The van der Waals surface area contributed by atoms with E-state index in [4.69, 9.17) is 0 Å². The number of piperidine rings is 1. The van der Waals surface area contributed by atoms with Gasteiger partial charge in [-0.15, -0.1) is 10.2 Å². The summed E-state index contributed by atoms with van der Waals surface area (Å²) >= 11 is 0. The molecule has 2 heterocycles. The Hall–Kier alpha value is -1.39. The SMILES string of the molecule is O=Cc1nnc(N2CCCCC2)n1C1CC1. The lowest BCUT2D eigenvalue weighted by Gasteiger charge is -2.27. The van der Waals surface area contributed by atoms with E-state index in [1.165, 1.54) is 19.3 Å². The van der Waals surface area contributed by atoms with E-state index in [1.54, 1.807) is 0 Å². The number of anilines is 1. The van der Waals surface area contributed by atoms with Crippen molar-refractivity contribution >= 4 is 12.2 Å². The van der Waals surface area contributed by atoms with Crippen LogP contribution in [0.15, 0.2) is 0 Å². The highest BCUT2D eigenvalue weighted by molar-refractivity contribution is 5.70. The number of aromatic nitrogens is 3. The van der Waals surface area contributed by atoms with Crippen molar-refractivity contribution in [2.24, 2.45) is 0 Å². The molecule has 0 amide bonds. The summed E-state index contributed by atoms with van der Waals surface area (Å²) in [6.07, 6.45) is 6.86. The van der Waals surface area contributed by atoms with Crippen molar-refractivity contribution in [1.29, 1.82) is 0 Å². The van der Waals surface area contributed by atoms with E-state index in [0.717, 1.165) is 38.2 Å². The van der Waals surface area contributed by atoms with Crippen LogP contribution in [0.3, 0.4) is 0 Å². The van der Waals surface area contributed by atoms with Crippen LogP contribution in [0, 0.1) is 0 Å². The molecule has 1 aromatic heterocycles. The largest absolute Gasteiger partial charge is 0.341 e. The van der Waals surface area contributed by atoms with Gasteiger partial charge < -0.3 is 4.90 Å². The highest BCUT2D eigenvalue weighted by Crippen LogP contribution is 2.38. The van der Waals surface area contributed by atoms with Crippen molar-refractivity contribution in [1.82, 2.24) is 14.8 Å². The molecule has 0 unspecified atom stereocenters. The van der Waals surface area contributed by atoms with Gasteiger partial charge in [-0.1, -0.05) is 0 Å². The molecule has 1 aliphatic heterocycles. The summed E-state index contributed by atoms with van der Waals surface area (Å²) in [5, 5.41) is 8.15. The van der Waals surface area contributed by atoms with Gasteiger partial charge in [0.15, 0.2) is 12.1 Å². The molecule has 1 saturated carbocycles. The van der Waals surface area contributed by atoms with Crippen molar-refractivity contribution in [3.63, 3.8) is 0 Å². The third-order valence-corrected chi connectivity index (χ3v) is 3.36. The second-order valence-electron chi connectivity index (χ2n) is 4.62. The maximum Gasteiger partial charge on any atom is 0.227 e. The Morgan fingerprint density at radius 2 is 1.88 bits per heavy atom. The summed E-state index contributed by atoms with van der Waals surface area (Å²) in [7, 11) is 0. The molecule has 0 atom stereocenters. The van der Waals surface area contributed by atoms with Gasteiger partial charge in [-0.2, -0.15) is 0 Å². The standard InChI is InChI=1S/C11H16N4O/c16-8-10-12-13-11(15(10)9-4-5-9)14-6-2-1-3-7-14/h8-9H,1-7H2. The second-order valence-corrected chi connectivity index (χ2v) is 4.62. The molecule has 0 spiro atoms. The molecular formula is C11H16N4O. The Labute approximate surface area is 94.5 Å². The van der Waals surface area contributed by atoms with Gasteiger partial charge in [0.2, 0.25) is 5.95 Å². The van der Waals surface area contributed by atoms with Crippen LogP contribution >= 0.6 is 0 Å². The van der Waals surface area contributed by atoms with Crippen molar-refractivity contribution in [2.75, 3.05) is 18.0 Å². The Balaban J connectivity index is 1.92. The third-order valence-electron chi connectivity index (χ3n) is 3.36. The second kappa shape index (κ2) is 3.88. The molecule has 0 bridgehead atoms. The lowest BCUT2D eigenvalue weighted by atomic mass is 10.1. The molecule has 86 valence electrons. The lowest BCUT2D eigenvalue weighted by Crippen LogP contribution is -2.32. The average molecular weight is 220 g/mol. The highest BCUT2D eigenvalue weighted by atomic mass is 16.1. The molecule has 3 rings (SSSR count). The number of carbonyl (C=O) groups is 1. The first-order valence-corrected chi connectivity index (χ1v) is 6.05. The van der Waals surface area contributed by atoms with Gasteiger partial charge in [0.25, 0.3) is 0 Å². The fourth-order valence-electron chi connectivity index (χ4n) is 2.37. The van der Waals surface area contributed by atoms with Gasteiger partial charge in [-0.05, 0) is 32.1 Å². The van der Waals surface area contributed by atoms with Gasteiger partial charge >= 0.3 is 0 Å². The lowest BCUT2D eigenvalue weighted by molar-refractivity contribution is 0.111. The molecule has 0 N–H and O–H groups in total. The summed E-state index contributed by atoms with van der Waals surface area (Å²) in [5.74, 6) is 1.40. The van der Waals surface area contributed by atoms with Gasteiger partial charge in [-0.3, -0.25) is 9.36 Å². The predicted octanol–water partition coefficient (Wildman–Crippen LogP) is 1.42. The summed E-state index contributed by atoms with van der Waals surface area (Å²) in [6, 6.07) is 0.465. The molecule has 1 aliphatic carbocycles. The minimum Gasteiger partial charge on any atom is -0.341 e. The van der Waals surface area contributed by atoms with Crippen LogP contribution in [0.25, 0.3) is 0 Å². The molecule has 16 heavy (non-hydrogen) atoms. The van der Waals surface area contributed by atoms with Crippen molar-refractivity contribution in [3.8, 4) is 0 Å². The van der Waals surface area contributed by atoms with Crippen molar-refractivity contribution in [3.05, 3.63) is 5.82 Å². The summed E-state index contributed by atoms with van der Waals surface area (Å²) in [4.78, 5) is 13.2. The van der Waals surface area contributed by atoms with Crippen LogP contribution in [0.2, 0.25) is 0 Å². The third kappa shape index (κ3) is 1.60. The molecule has 2 fully saturated rings. The topological polar surface area (TPSA) is 51.0 Å². The van der Waals surface area contributed by atoms with Gasteiger partial charge in [-0.25, -0.2) is 0 Å². The van der Waals surface area contributed by atoms with E-state index >= 15 is 0 Å². The summed E-state index contributed by atoms with van der Waals surface area (Å²) < 4.78 is 2.03. The van der Waals surface area contributed by atoms with E-state index in [0.29, 0.717) is 11.9 Å². The highest BCUT2D eigenvalue weighted by Gasteiger charge is 2.31. The zero-order valence-electron chi connectivity index (χ0n) is 9.30. The molecule has 5 nitrogen and oxygen atoms in total. The number of hydrogen-bond donors (Lipinski definition) is 0. The van der Waals surface area contributed by atoms with Crippen molar-refractivity contribution in [2.45, 2.75) is 38.1 Å². The average Bonchev–Trinajstić information content (AvgIpc) is 3.09. The van der Waals surface area contributed by atoms with Gasteiger partial charge in [0.1, 0.15) is 0 Å². The minimum absolute atomic E-state index is 0.465. The van der Waals surface area contributed by atoms with Crippen molar-refractivity contribution < 1.29 is 4.79 Å². The number of rotatable bonds is 3. The van der Waals surface area contributed by atoms with Gasteiger partial charge in [0, 0.05) is 19.1 Å². The first-order valence-electron chi connectivity index (χ1n) is 6.05. The van der Waals surface area contributed by atoms with E-state index < -0.39 is 0 Å². The van der Waals surface area contributed by atoms with Gasteiger partial charge in [0.05, 0.1) is 0 Å². The Morgan fingerprint density at radius 3 is 2.50 bits per heavy atom. The molecule has 1 saturated heterocycles. The number of nitrogens with zero attached hydrogens (tertiary/aromatic N) is 4. The first kappa shape index (κ1) is 9.81. The predicted molar refractivity (Wildman–Crippen MR) is 59.7 cm³/mol. The molecule has 5 heteroatoms. The van der Waals surface area contributed by atoms with Crippen LogP contribution in [0.1, 0.15) is 48.8 Å². The summed E-state index contributed by atoms with van der Waals surface area (Å²) in [5.41, 5.74) is 0. The number of hydrogen-bond acceptors (Lipinski definition) is 4. The minimum atomic E-state index is 0.465. The fraction of sp³-hybridized carbons (Fsp3) is 0.727. The maximum atomic E-state index is 10.9. The van der Waals surface area contributed by atoms with Crippen LogP contribution in [-0.2, 0) is 0 Å². The molecule has 0 aromatic carbocycles. The normalized spacial score (nSPS) is 21.1. The number of carbonyl (C=O) groups excluding carboxylic acids is 1.